The first kappa shape index (κ1) is 23.3. The molecule has 13 heteroatoms. The molecule has 2 heterocycles. The van der Waals surface area contributed by atoms with Gasteiger partial charge in [0.15, 0.2) is 0 Å². The Balaban J connectivity index is 0.000000710. The molecule has 0 saturated carbocycles. The fraction of sp³-hybridized carbons (Fsp3) is 0.250. The van der Waals surface area contributed by atoms with E-state index in [-0.39, 0.29) is 0 Å². The Labute approximate surface area is 153 Å². The number of aromatic nitrogens is 3. The van der Waals surface area contributed by atoms with E-state index in [0.29, 0.717) is 13.0 Å². The van der Waals surface area contributed by atoms with Crippen LogP contribution in [0.4, 0.5) is 0 Å². The third-order valence-electron chi connectivity index (χ3n) is 2.53. The first-order valence-corrected chi connectivity index (χ1v) is 8.19. The monoisotopic (exact) mass is 412 g/mol. The van der Waals surface area contributed by atoms with E-state index in [1.54, 1.807) is 12.4 Å². The van der Waals surface area contributed by atoms with Crippen LogP contribution in [0.5, 0.6) is 0 Å². The zero-order valence-electron chi connectivity index (χ0n) is 12.6. The number of H-pyrrole nitrogens is 1. The molecule has 0 fully saturated rings. The molecule has 0 amide bonds. The van der Waals surface area contributed by atoms with Crippen molar-refractivity contribution < 1.29 is 59.8 Å². The summed E-state index contributed by atoms with van der Waals surface area (Å²) >= 11 is 1.06. The third-order valence-corrected chi connectivity index (χ3v) is 2.53. The summed E-state index contributed by atoms with van der Waals surface area (Å²) in [5.41, 5.74) is 1.60. The van der Waals surface area contributed by atoms with Gasteiger partial charge in [0.1, 0.15) is 6.04 Å². The molecule has 0 radical (unpaired) electrons. The molecule has 0 saturated heterocycles. The van der Waals surface area contributed by atoms with Crippen molar-refractivity contribution in [2.45, 2.75) is 19.0 Å². The molecular formula is C12H14ClN4O7V-. The fourth-order valence-corrected chi connectivity index (χ4v) is 1.59. The number of carboxylic acids is 1. The average molecular weight is 413 g/mol. The third kappa shape index (κ3) is 13.3. The van der Waals surface area contributed by atoms with Gasteiger partial charge in [-0.1, -0.05) is 6.07 Å². The van der Waals surface area contributed by atoms with Crippen LogP contribution in [-0.4, -0.2) is 32.1 Å². The van der Waals surface area contributed by atoms with E-state index in [0.717, 1.165) is 28.8 Å². The summed E-state index contributed by atoms with van der Waals surface area (Å²) in [6, 6.07) is 4.88. The van der Waals surface area contributed by atoms with Crippen molar-refractivity contribution in [3.05, 3.63) is 48.3 Å². The fourth-order valence-electron chi connectivity index (χ4n) is 1.59. The van der Waals surface area contributed by atoms with Gasteiger partial charge >= 0.3 is 27.0 Å². The van der Waals surface area contributed by atoms with Crippen molar-refractivity contribution >= 4 is 5.97 Å². The van der Waals surface area contributed by atoms with Gasteiger partial charge in [-0.05, 0) is 12.1 Å². The number of halogens is 1. The normalized spacial score (nSPS) is 11.3. The number of hydrogen-bond acceptors (Lipinski definition) is 9. The summed E-state index contributed by atoms with van der Waals surface area (Å²) in [4.78, 5) is 22.0. The van der Waals surface area contributed by atoms with Crippen LogP contribution in [0.1, 0.15) is 11.4 Å². The van der Waals surface area contributed by atoms with Gasteiger partial charge in [-0.2, -0.15) is 0 Å². The summed E-state index contributed by atoms with van der Waals surface area (Å²) in [5, 5.41) is 12.1. The maximum absolute atomic E-state index is 11.1. The minimum atomic E-state index is -4.94. The Morgan fingerprint density at radius 2 is 1.96 bits per heavy atom. The van der Waals surface area contributed by atoms with E-state index in [9.17, 15) is 4.79 Å². The van der Waals surface area contributed by atoms with Crippen molar-refractivity contribution in [1.29, 1.82) is 0 Å². The van der Waals surface area contributed by atoms with E-state index in [1.807, 2.05) is 18.2 Å². The Morgan fingerprint density at radius 1 is 1.32 bits per heavy atom. The van der Waals surface area contributed by atoms with Crippen molar-refractivity contribution in [2.75, 3.05) is 0 Å². The van der Waals surface area contributed by atoms with Crippen molar-refractivity contribution in [2.24, 2.45) is 0 Å². The van der Waals surface area contributed by atoms with Crippen LogP contribution in [-0.2, 0) is 38.8 Å². The Morgan fingerprint density at radius 3 is 2.40 bits per heavy atom. The molecule has 137 valence electrons. The summed E-state index contributed by atoms with van der Waals surface area (Å²) in [7, 11) is -4.94. The van der Waals surface area contributed by atoms with E-state index in [2.05, 4.69) is 20.3 Å². The number of nitrogens with zero attached hydrogens (tertiary/aromatic N) is 2. The number of aliphatic carboxylic acids is 1. The number of carboxylic acid groups (broad SMARTS) is 1. The number of pyridine rings is 1. The van der Waals surface area contributed by atoms with Crippen molar-refractivity contribution in [1.82, 2.24) is 20.3 Å². The van der Waals surface area contributed by atoms with Crippen LogP contribution >= 0.6 is 0 Å². The Kier molecular flexibility index (Phi) is 11.8. The molecule has 0 aliphatic carbocycles. The Hall–Kier alpha value is -1.70. The van der Waals surface area contributed by atoms with Gasteiger partial charge in [-0.25, -0.2) is 23.6 Å². The van der Waals surface area contributed by atoms with Gasteiger partial charge in [-0.3, -0.25) is 15.1 Å². The molecule has 3 N–H and O–H groups in total. The summed E-state index contributed by atoms with van der Waals surface area (Å²) < 4.78 is 42.2. The molecular weight excluding hydrogens is 399 g/mol. The summed E-state index contributed by atoms with van der Waals surface area (Å²) in [6.07, 6.45) is 5.20. The summed E-state index contributed by atoms with van der Waals surface area (Å²) in [6.45, 7) is 0.423. The van der Waals surface area contributed by atoms with Gasteiger partial charge in [0.2, 0.25) is 0 Å². The predicted octanol–water partition coefficient (Wildman–Crippen LogP) is -4.29. The second kappa shape index (κ2) is 12.6. The van der Waals surface area contributed by atoms with Crippen LogP contribution < -0.4 is 24.0 Å². The molecule has 11 nitrogen and oxygen atoms in total. The summed E-state index contributed by atoms with van der Waals surface area (Å²) in [5.74, 6) is -0.888. The van der Waals surface area contributed by atoms with E-state index in [4.69, 9.17) is 27.4 Å². The van der Waals surface area contributed by atoms with E-state index in [1.165, 1.54) is 6.33 Å². The predicted molar refractivity (Wildman–Crippen MR) is 65.5 cm³/mol. The molecule has 25 heavy (non-hydrogen) atoms. The number of imidazole rings is 1. The molecule has 0 aliphatic heterocycles. The molecule has 0 aliphatic rings. The first-order valence-electron chi connectivity index (χ1n) is 6.39. The molecule has 1 atom stereocenters. The van der Waals surface area contributed by atoms with Crippen molar-refractivity contribution in [3.8, 4) is 0 Å². The van der Waals surface area contributed by atoms with Crippen LogP contribution in [0, 0.1) is 10.2 Å². The molecule has 2 aromatic rings. The van der Waals surface area contributed by atoms with E-state index < -0.39 is 22.3 Å². The number of nitrogens with one attached hydrogen (secondary N) is 2. The van der Waals surface area contributed by atoms with Crippen LogP contribution in [0.15, 0.2) is 36.9 Å². The van der Waals surface area contributed by atoms with Gasteiger partial charge in [0, 0.05) is 31.1 Å². The number of rotatable bonds is 6. The van der Waals surface area contributed by atoms with Gasteiger partial charge in [-0.15, -0.1) is 10.2 Å². The standard InChI is InChI=1S/C12H14N4O2.ClHO4.O.V/c17-12(18)11(5-10-6-13-8-16-10)15-7-9-3-1-2-4-14-9;2-1(3,4)5;;/h1-4,6,8,11,15H,5,7H2,(H,13,16)(H,17,18);(H,2,3,4,5);;/p-1/t11-;;;/m0.../s1. The zero-order valence-corrected chi connectivity index (χ0v) is 14.7. The average Bonchev–Trinajstić information content (AvgIpc) is 3.05. The van der Waals surface area contributed by atoms with Crippen LogP contribution in [0.2, 0.25) is 0 Å². The second-order valence-electron chi connectivity index (χ2n) is 4.25. The molecule has 0 bridgehead atoms. The van der Waals surface area contributed by atoms with Gasteiger partial charge in [0.05, 0.1) is 12.0 Å². The number of carbonyl (C=O) groups is 1. The minimum absolute atomic E-state index is 0.363. The number of hydrogen-bond donors (Lipinski definition) is 3. The zero-order chi connectivity index (χ0) is 19.3. The molecule has 0 spiro atoms. The topological polar surface area (TPSA) is 200 Å². The van der Waals surface area contributed by atoms with E-state index >= 15 is 0 Å². The molecule has 2 aromatic heterocycles. The maximum atomic E-state index is 11.1. The van der Waals surface area contributed by atoms with Gasteiger partial charge < -0.3 is 10.1 Å². The van der Waals surface area contributed by atoms with Crippen molar-refractivity contribution in [3.63, 3.8) is 0 Å². The van der Waals surface area contributed by atoms with Gasteiger partial charge in [0.25, 0.3) is 0 Å². The molecule has 0 unspecified atom stereocenters. The van der Waals surface area contributed by atoms with Crippen LogP contribution in [0.3, 0.4) is 0 Å². The molecule has 2 rings (SSSR count). The second-order valence-corrected chi connectivity index (χ2v) is 5.01. The molecule has 0 aromatic carbocycles. The van der Waals surface area contributed by atoms with Crippen LogP contribution in [0.25, 0.3) is 0 Å². The first-order chi connectivity index (χ1) is 11.8. The SMILES string of the molecule is O=C(O)[C@H](Cc1cnc[nH]1)NCc1ccccn1.[O-][Cl+3]([O-])([O-])[O-].[O]=[V]. The number of aromatic amines is 1. The quantitative estimate of drug-likeness (QED) is 0.416. The Bertz CT molecular complexity index is 591.